The van der Waals surface area contributed by atoms with E-state index >= 15 is 0 Å². The molecule has 0 saturated heterocycles. The minimum Gasteiger partial charge on any atom is -0.481 e. The van der Waals surface area contributed by atoms with Gasteiger partial charge in [-0.15, -0.1) is 0 Å². The molecule has 0 aliphatic heterocycles. The van der Waals surface area contributed by atoms with Gasteiger partial charge in [-0.2, -0.15) is 0 Å². The molecule has 16 heavy (non-hydrogen) atoms. The number of carboxylic acid groups (broad SMARTS) is 1. The number of hydrogen-bond acceptors (Lipinski definition) is 2. The van der Waals surface area contributed by atoms with Gasteiger partial charge in [0.15, 0.2) is 0 Å². The lowest BCUT2D eigenvalue weighted by molar-refractivity contribution is -0.138. The lowest BCUT2D eigenvalue weighted by atomic mass is 9.72. The Balaban J connectivity index is 2.19. The van der Waals surface area contributed by atoms with Gasteiger partial charge in [0.2, 0.25) is 0 Å². The molecule has 0 heterocycles. The summed E-state index contributed by atoms with van der Waals surface area (Å²) < 4.78 is 5.57. The Morgan fingerprint density at radius 1 is 1.25 bits per heavy atom. The number of ether oxygens (including phenoxy) is 1. The highest BCUT2D eigenvalue weighted by Crippen LogP contribution is 2.38. The maximum atomic E-state index is 10.3. The monoisotopic (exact) mass is 228 g/mol. The van der Waals surface area contributed by atoms with Crippen LogP contribution in [0.4, 0.5) is 0 Å². The lowest BCUT2D eigenvalue weighted by Crippen LogP contribution is -2.29. The van der Waals surface area contributed by atoms with Crippen LogP contribution in [0.15, 0.2) is 0 Å². The fourth-order valence-corrected chi connectivity index (χ4v) is 2.41. The molecule has 1 N–H and O–H groups in total. The molecule has 3 heteroatoms. The summed E-state index contributed by atoms with van der Waals surface area (Å²) in [4.78, 5) is 10.3. The molecule has 0 unspecified atom stereocenters. The smallest absolute Gasteiger partial charge is 0.305 e. The Morgan fingerprint density at radius 2 is 1.81 bits per heavy atom. The molecule has 0 aromatic heterocycles. The Bertz CT molecular complexity index is 222. The van der Waals surface area contributed by atoms with Gasteiger partial charge in [0.05, 0.1) is 19.1 Å². The van der Waals surface area contributed by atoms with Crippen molar-refractivity contribution in [2.24, 2.45) is 11.3 Å². The number of carbonyl (C=O) groups is 1. The van der Waals surface area contributed by atoms with Crippen molar-refractivity contribution in [1.82, 2.24) is 0 Å². The van der Waals surface area contributed by atoms with Gasteiger partial charge >= 0.3 is 5.97 Å². The fourth-order valence-electron chi connectivity index (χ4n) is 2.41. The van der Waals surface area contributed by atoms with Crippen molar-refractivity contribution in [2.45, 2.75) is 59.0 Å². The molecule has 0 radical (unpaired) electrons. The lowest BCUT2D eigenvalue weighted by Gasteiger charge is -2.36. The molecule has 1 aliphatic carbocycles. The Labute approximate surface area is 98.2 Å². The van der Waals surface area contributed by atoms with Gasteiger partial charge in [0, 0.05) is 0 Å². The summed E-state index contributed by atoms with van der Waals surface area (Å²) in [5.41, 5.74) is 0.395. The van der Waals surface area contributed by atoms with Crippen molar-refractivity contribution in [1.29, 1.82) is 0 Å². The molecule has 0 spiro atoms. The topological polar surface area (TPSA) is 46.5 Å². The first kappa shape index (κ1) is 13.5. The van der Waals surface area contributed by atoms with Crippen LogP contribution in [0.3, 0.4) is 0 Å². The average Bonchev–Trinajstić information content (AvgIpc) is 2.16. The highest BCUT2D eigenvalue weighted by atomic mass is 16.5. The molecule has 1 aliphatic rings. The van der Waals surface area contributed by atoms with Gasteiger partial charge in [-0.05, 0) is 37.0 Å². The van der Waals surface area contributed by atoms with E-state index in [0.29, 0.717) is 12.0 Å². The van der Waals surface area contributed by atoms with Crippen LogP contribution in [0.5, 0.6) is 0 Å². The highest BCUT2D eigenvalue weighted by Gasteiger charge is 2.29. The van der Waals surface area contributed by atoms with Crippen molar-refractivity contribution in [3.8, 4) is 0 Å². The van der Waals surface area contributed by atoms with Gasteiger partial charge < -0.3 is 9.84 Å². The van der Waals surface area contributed by atoms with E-state index in [9.17, 15) is 4.79 Å². The van der Waals surface area contributed by atoms with E-state index in [2.05, 4.69) is 20.8 Å². The van der Waals surface area contributed by atoms with Crippen LogP contribution < -0.4 is 0 Å². The van der Waals surface area contributed by atoms with Crippen molar-refractivity contribution in [2.75, 3.05) is 6.61 Å². The molecule has 0 aromatic carbocycles. The zero-order valence-electron chi connectivity index (χ0n) is 10.7. The standard InChI is InChI=1S/C13H24O3/c1-13(2,3)10-4-6-11(7-5-10)16-9-8-12(14)15/h10-11H,4-9H2,1-3H3,(H,14,15). The predicted molar refractivity (Wildman–Crippen MR) is 63.4 cm³/mol. The zero-order valence-corrected chi connectivity index (χ0v) is 10.7. The molecular formula is C13H24O3. The van der Waals surface area contributed by atoms with Crippen LogP contribution >= 0.6 is 0 Å². The van der Waals surface area contributed by atoms with E-state index in [1.54, 1.807) is 0 Å². The molecule has 0 aromatic rings. The average molecular weight is 228 g/mol. The third-order valence-electron chi connectivity index (χ3n) is 3.57. The second kappa shape index (κ2) is 5.67. The summed E-state index contributed by atoms with van der Waals surface area (Å²) in [5, 5.41) is 8.51. The fraction of sp³-hybridized carbons (Fsp3) is 0.923. The highest BCUT2D eigenvalue weighted by molar-refractivity contribution is 5.66. The van der Waals surface area contributed by atoms with Crippen molar-refractivity contribution in [3.05, 3.63) is 0 Å². The number of rotatable bonds is 4. The maximum absolute atomic E-state index is 10.3. The Morgan fingerprint density at radius 3 is 2.25 bits per heavy atom. The van der Waals surface area contributed by atoms with Crippen LogP contribution in [-0.2, 0) is 9.53 Å². The Kier molecular flexibility index (Phi) is 4.78. The summed E-state index contributed by atoms with van der Waals surface area (Å²) in [7, 11) is 0. The van der Waals surface area contributed by atoms with Gasteiger partial charge in [0.1, 0.15) is 0 Å². The summed E-state index contributed by atoms with van der Waals surface area (Å²) >= 11 is 0. The summed E-state index contributed by atoms with van der Waals surface area (Å²) in [6.07, 6.45) is 5.00. The minimum absolute atomic E-state index is 0.124. The number of carboxylic acids is 1. The molecule has 94 valence electrons. The van der Waals surface area contributed by atoms with E-state index in [1.165, 1.54) is 12.8 Å². The van der Waals surface area contributed by atoms with E-state index in [-0.39, 0.29) is 12.5 Å². The molecule has 1 fully saturated rings. The van der Waals surface area contributed by atoms with E-state index in [4.69, 9.17) is 9.84 Å². The summed E-state index contributed by atoms with van der Waals surface area (Å²) in [6, 6.07) is 0. The van der Waals surface area contributed by atoms with E-state index in [1.807, 2.05) is 0 Å². The summed E-state index contributed by atoms with van der Waals surface area (Å²) in [5.74, 6) is 0.00945. The van der Waals surface area contributed by atoms with Crippen molar-refractivity contribution >= 4 is 5.97 Å². The van der Waals surface area contributed by atoms with Gasteiger partial charge in [-0.3, -0.25) is 4.79 Å². The molecule has 0 atom stereocenters. The first-order valence-corrected chi connectivity index (χ1v) is 6.23. The second-order valence-electron chi connectivity index (χ2n) is 5.85. The van der Waals surface area contributed by atoms with Crippen LogP contribution in [0.25, 0.3) is 0 Å². The Hall–Kier alpha value is -0.570. The van der Waals surface area contributed by atoms with Gasteiger partial charge in [-0.25, -0.2) is 0 Å². The van der Waals surface area contributed by atoms with E-state index in [0.717, 1.165) is 18.8 Å². The largest absolute Gasteiger partial charge is 0.481 e. The minimum atomic E-state index is -0.775. The third-order valence-corrected chi connectivity index (χ3v) is 3.57. The van der Waals surface area contributed by atoms with Crippen LogP contribution in [0.1, 0.15) is 52.9 Å². The molecule has 1 saturated carbocycles. The van der Waals surface area contributed by atoms with Crippen molar-refractivity contribution < 1.29 is 14.6 Å². The summed E-state index contributed by atoms with van der Waals surface area (Å²) in [6.45, 7) is 7.25. The second-order valence-corrected chi connectivity index (χ2v) is 5.85. The van der Waals surface area contributed by atoms with Gasteiger partial charge in [0.25, 0.3) is 0 Å². The molecule has 1 rings (SSSR count). The molecule has 3 nitrogen and oxygen atoms in total. The molecule has 0 bridgehead atoms. The molecule has 0 amide bonds. The third kappa shape index (κ3) is 4.52. The first-order valence-electron chi connectivity index (χ1n) is 6.23. The zero-order chi connectivity index (χ0) is 12.2. The number of aliphatic carboxylic acids is 1. The van der Waals surface area contributed by atoms with E-state index < -0.39 is 5.97 Å². The van der Waals surface area contributed by atoms with Crippen molar-refractivity contribution in [3.63, 3.8) is 0 Å². The first-order chi connectivity index (χ1) is 7.39. The van der Waals surface area contributed by atoms with Crippen LogP contribution in [0, 0.1) is 11.3 Å². The quantitative estimate of drug-likeness (QED) is 0.804. The van der Waals surface area contributed by atoms with Crippen LogP contribution in [-0.4, -0.2) is 23.8 Å². The van der Waals surface area contributed by atoms with Crippen LogP contribution in [0.2, 0.25) is 0 Å². The number of hydrogen-bond donors (Lipinski definition) is 1. The predicted octanol–water partition coefficient (Wildman–Crippen LogP) is 3.08. The normalized spacial score (nSPS) is 26.7. The van der Waals surface area contributed by atoms with Gasteiger partial charge in [-0.1, -0.05) is 20.8 Å². The SMILES string of the molecule is CC(C)(C)C1CCC(OCCC(=O)O)CC1. The molecular weight excluding hydrogens is 204 g/mol. The maximum Gasteiger partial charge on any atom is 0.305 e.